The zero-order valence-electron chi connectivity index (χ0n) is 9.11. The van der Waals surface area contributed by atoms with Crippen LogP contribution in [0, 0.1) is 5.92 Å². The van der Waals surface area contributed by atoms with Gasteiger partial charge in [-0.1, -0.05) is 0 Å². The first-order valence-corrected chi connectivity index (χ1v) is 5.70. The number of halogens is 1. The molecule has 8 heteroatoms. The summed E-state index contributed by atoms with van der Waals surface area (Å²) in [7, 11) is 0. The highest BCUT2D eigenvalue weighted by Gasteiger charge is 2.27. The van der Waals surface area contributed by atoms with Crippen LogP contribution in [-0.4, -0.2) is 46.9 Å². The lowest BCUT2D eigenvalue weighted by Gasteiger charge is -2.29. The van der Waals surface area contributed by atoms with Gasteiger partial charge in [0.2, 0.25) is 5.91 Å². The number of hydrogen-bond donors (Lipinski definition) is 3. The van der Waals surface area contributed by atoms with Crippen molar-refractivity contribution >= 4 is 29.5 Å². The molecule has 7 nitrogen and oxygen atoms in total. The van der Waals surface area contributed by atoms with Gasteiger partial charge in [0, 0.05) is 19.0 Å². The smallest absolute Gasteiger partial charge is 0.407 e. The average molecular weight is 264 g/mol. The normalized spacial score (nSPS) is 16.4. The molecular weight excluding hydrogens is 250 g/mol. The Morgan fingerprint density at radius 3 is 2.29 bits per heavy atom. The zero-order chi connectivity index (χ0) is 12.8. The van der Waals surface area contributed by atoms with Gasteiger partial charge in [-0.2, -0.15) is 0 Å². The van der Waals surface area contributed by atoms with Crippen molar-refractivity contribution in [3.63, 3.8) is 0 Å². The minimum atomic E-state index is -0.973. The molecule has 0 aromatic carbocycles. The number of alkyl halides is 1. The van der Waals surface area contributed by atoms with Crippen molar-refractivity contribution in [2.24, 2.45) is 5.92 Å². The fourth-order valence-corrected chi connectivity index (χ4v) is 1.67. The van der Waals surface area contributed by atoms with Crippen LogP contribution in [0.1, 0.15) is 12.8 Å². The van der Waals surface area contributed by atoms with Gasteiger partial charge in [-0.25, -0.2) is 4.79 Å². The van der Waals surface area contributed by atoms with E-state index in [0.717, 1.165) is 0 Å². The summed E-state index contributed by atoms with van der Waals surface area (Å²) in [6, 6.07) is 0. The number of carboxylic acid groups (broad SMARTS) is 1. The first-order chi connectivity index (χ1) is 8.04. The molecule has 3 amide bonds. The summed E-state index contributed by atoms with van der Waals surface area (Å²) in [6.45, 7) is 0.660. The highest BCUT2D eigenvalue weighted by molar-refractivity contribution is 6.27. The zero-order valence-corrected chi connectivity index (χ0v) is 9.87. The Bertz CT molecular complexity index is 315. The molecule has 0 spiro atoms. The summed E-state index contributed by atoms with van der Waals surface area (Å²) in [5.41, 5.74) is 4.42. The third kappa shape index (κ3) is 4.10. The molecule has 1 fully saturated rings. The number of piperidine rings is 1. The average Bonchev–Trinajstić information content (AvgIpc) is 2.35. The van der Waals surface area contributed by atoms with Crippen molar-refractivity contribution in [1.82, 2.24) is 15.8 Å². The fourth-order valence-electron chi connectivity index (χ4n) is 1.60. The van der Waals surface area contributed by atoms with Crippen molar-refractivity contribution in [2.45, 2.75) is 12.8 Å². The summed E-state index contributed by atoms with van der Waals surface area (Å²) >= 11 is 5.24. The van der Waals surface area contributed by atoms with Crippen LogP contribution in [0.15, 0.2) is 0 Å². The number of carbonyl (C=O) groups excluding carboxylic acids is 2. The van der Waals surface area contributed by atoms with E-state index in [1.807, 2.05) is 0 Å². The van der Waals surface area contributed by atoms with Crippen LogP contribution in [0.3, 0.4) is 0 Å². The molecule has 1 aliphatic rings. The number of amides is 3. The molecule has 96 valence electrons. The quantitative estimate of drug-likeness (QED) is 0.473. The van der Waals surface area contributed by atoms with Gasteiger partial charge < -0.3 is 10.0 Å². The number of hydrogen-bond acceptors (Lipinski definition) is 3. The van der Waals surface area contributed by atoms with Gasteiger partial charge in [-0.15, -0.1) is 11.6 Å². The molecule has 17 heavy (non-hydrogen) atoms. The minimum absolute atomic E-state index is 0.224. The minimum Gasteiger partial charge on any atom is -0.465 e. The second kappa shape index (κ2) is 6.29. The van der Waals surface area contributed by atoms with Crippen molar-refractivity contribution < 1.29 is 19.5 Å². The van der Waals surface area contributed by atoms with E-state index in [4.69, 9.17) is 16.7 Å². The number of hydrazine groups is 1. The van der Waals surface area contributed by atoms with Gasteiger partial charge in [0.25, 0.3) is 5.91 Å². The summed E-state index contributed by atoms with van der Waals surface area (Å²) in [5.74, 6) is -1.30. The Kier molecular flexibility index (Phi) is 5.02. The maximum atomic E-state index is 11.6. The van der Waals surface area contributed by atoms with Gasteiger partial charge >= 0.3 is 6.09 Å². The van der Waals surface area contributed by atoms with Crippen molar-refractivity contribution in [3.05, 3.63) is 0 Å². The largest absolute Gasteiger partial charge is 0.465 e. The molecule has 0 aliphatic carbocycles. The van der Waals surface area contributed by atoms with Gasteiger partial charge in [0.15, 0.2) is 0 Å². The van der Waals surface area contributed by atoms with E-state index in [0.29, 0.717) is 25.9 Å². The van der Waals surface area contributed by atoms with Crippen LogP contribution in [0.4, 0.5) is 4.79 Å². The summed E-state index contributed by atoms with van der Waals surface area (Å²) in [6.07, 6.45) is -0.0664. The first-order valence-electron chi connectivity index (χ1n) is 5.17. The number of carbonyl (C=O) groups is 3. The van der Waals surface area contributed by atoms with E-state index in [1.165, 1.54) is 4.90 Å². The Balaban J connectivity index is 2.31. The lowest BCUT2D eigenvalue weighted by molar-refractivity contribution is -0.131. The third-order valence-corrected chi connectivity index (χ3v) is 2.83. The molecule has 3 N–H and O–H groups in total. The van der Waals surface area contributed by atoms with E-state index in [1.54, 1.807) is 0 Å². The van der Waals surface area contributed by atoms with E-state index < -0.39 is 12.0 Å². The third-order valence-electron chi connectivity index (χ3n) is 2.58. The first kappa shape index (κ1) is 13.6. The highest BCUT2D eigenvalue weighted by atomic mass is 35.5. The van der Waals surface area contributed by atoms with Crippen LogP contribution in [0.25, 0.3) is 0 Å². The molecule has 0 atom stereocenters. The molecule has 1 saturated heterocycles. The Morgan fingerprint density at radius 1 is 1.24 bits per heavy atom. The molecule has 0 aromatic heterocycles. The standard InChI is InChI=1S/C9H14ClN3O4/c10-5-7(14)11-12-8(15)6-1-3-13(4-2-6)9(16)17/h6H,1-5H2,(H,11,14)(H,12,15)(H,16,17). The number of nitrogens with zero attached hydrogens (tertiary/aromatic N) is 1. The van der Waals surface area contributed by atoms with Crippen molar-refractivity contribution in [2.75, 3.05) is 19.0 Å². The van der Waals surface area contributed by atoms with Gasteiger partial charge in [0.05, 0.1) is 0 Å². The predicted octanol–water partition coefficient (Wildman–Crippen LogP) is -0.237. The Labute approximate surface area is 103 Å². The molecular formula is C9H14ClN3O4. The van der Waals surface area contributed by atoms with Crippen LogP contribution in [-0.2, 0) is 9.59 Å². The van der Waals surface area contributed by atoms with E-state index in [-0.39, 0.29) is 17.7 Å². The van der Waals surface area contributed by atoms with Gasteiger partial charge in [-0.05, 0) is 12.8 Å². The van der Waals surface area contributed by atoms with Crippen molar-refractivity contribution in [1.29, 1.82) is 0 Å². The molecule has 0 aromatic rings. The molecule has 1 rings (SSSR count). The maximum absolute atomic E-state index is 11.6. The summed E-state index contributed by atoms with van der Waals surface area (Å²) in [4.78, 5) is 34.3. The maximum Gasteiger partial charge on any atom is 0.407 e. The van der Waals surface area contributed by atoms with Crippen molar-refractivity contribution in [3.8, 4) is 0 Å². The molecule has 0 bridgehead atoms. The lowest BCUT2D eigenvalue weighted by Crippen LogP contribution is -2.48. The molecule has 1 aliphatic heterocycles. The van der Waals surface area contributed by atoms with Gasteiger partial charge in [0.1, 0.15) is 5.88 Å². The highest BCUT2D eigenvalue weighted by Crippen LogP contribution is 2.16. The number of likely N-dealkylation sites (tertiary alicyclic amines) is 1. The number of nitrogens with one attached hydrogen (secondary N) is 2. The van der Waals surface area contributed by atoms with Crippen LogP contribution in [0.5, 0.6) is 0 Å². The summed E-state index contributed by atoms with van der Waals surface area (Å²) < 4.78 is 0. The molecule has 0 unspecified atom stereocenters. The summed E-state index contributed by atoms with van der Waals surface area (Å²) in [5, 5.41) is 8.72. The molecule has 1 heterocycles. The molecule has 0 radical (unpaired) electrons. The van der Waals surface area contributed by atoms with E-state index >= 15 is 0 Å². The fraction of sp³-hybridized carbons (Fsp3) is 0.667. The number of rotatable bonds is 2. The topological polar surface area (TPSA) is 98.7 Å². The SMILES string of the molecule is O=C(CCl)NNC(=O)C1CCN(C(=O)O)CC1. The van der Waals surface area contributed by atoms with Crippen LogP contribution >= 0.6 is 11.6 Å². The molecule has 0 saturated carbocycles. The van der Waals surface area contributed by atoms with Crippen LogP contribution in [0.2, 0.25) is 0 Å². The second-order valence-electron chi connectivity index (χ2n) is 3.71. The predicted molar refractivity (Wildman–Crippen MR) is 59.3 cm³/mol. The van der Waals surface area contributed by atoms with Crippen LogP contribution < -0.4 is 10.9 Å². The monoisotopic (exact) mass is 263 g/mol. The van der Waals surface area contributed by atoms with E-state index in [2.05, 4.69) is 10.9 Å². The Morgan fingerprint density at radius 2 is 1.82 bits per heavy atom. The van der Waals surface area contributed by atoms with E-state index in [9.17, 15) is 14.4 Å². The lowest BCUT2D eigenvalue weighted by atomic mass is 9.96. The Hall–Kier alpha value is -1.50. The van der Waals surface area contributed by atoms with Gasteiger partial charge in [-0.3, -0.25) is 20.4 Å². The second-order valence-corrected chi connectivity index (χ2v) is 3.98.